The van der Waals surface area contributed by atoms with E-state index in [4.69, 9.17) is 16.9 Å². The third-order valence-electron chi connectivity index (χ3n) is 4.41. The van der Waals surface area contributed by atoms with Crippen molar-refractivity contribution in [2.75, 3.05) is 5.32 Å². The zero-order valence-electron chi connectivity index (χ0n) is 14.3. The van der Waals surface area contributed by atoms with Gasteiger partial charge in [0, 0.05) is 28.7 Å². The molecule has 0 atom stereocenters. The summed E-state index contributed by atoms with van der Waals surface area (Å²) in [5, 5.41) is 13.5. The van der Waals surface area contributed by atoms with E-state index in [0.717, 1.165) is 23.0 Å². The number of aryl methyl sites for hydroxylation is 1. The Morgan fingerprint density at radius 3 is 2.79 bits per heavy atom. The van der Waals surface area contributed by atoms with E-state index in [2.05, 4.69) is 15.3 Å². The lowest BCUT2D eigenvalue weighted by Gasteiger charge is -2.09. The second-order valence-electron chi connectivity index (χ2n) is 6.21. The largest absolute Gasteiger partial charge is 0.416 e. The number of imidazole rings is 1. The molecule has 0 saturated heterocycles. The van der Waals surface area contributed by atoms with E-state index in [0.29, 0.717) is 28.7 Å². The number of H-pyrrole nitrogens is 1. The van der Waals surface area contributed by atoms with Crippen molar-refractivity contribution in [3.05, 3.63) is 53.2 Å². The molecule has 0 fully saturated rings. The first kappa shape index (κ1) is 18.2. The summed E-state index contributed by atoms with van der Waals surface area (Å²) in [7, 11) is 0. The molecule has 142 valence electrons. The van der Waals surface area contributed by atoms with Gasteiger partial charge in [0.05, 0.1) is 34.8 Å². The Labute approximate surface area is 162 Å². The van der Waals surface area contributed by atoms with Crippen molar-refractivity contribution < 1.29 is 13.2 Å². The number of hydrogen-bond acceptors (Lipinski definition) is 3. The van der Waals surface area contributed by atoms with Crippen molar-refractivity contribution in [2.24, 2.45) is 0 Å². The molecule has 0 saturated carbocycles. The molecule has 0 spiro atoms. The SMILES string of the molecule is N#CCCn1c(Nc2c[nH]c3ccc(Cl)cc23)nc2cc(C(F)(F)F)ccc21. The van der Waals surface area contributed by atoms with Gasteiger partial charge in [-0.3, -0.25) is 0 Å². The minimum Gasteiger partial charge on any atom is -0.359 e. The van der Waals surface area contributed by atoms with Gasteiger partial charge in [0.15, 0.2) is 0 Å². The van der Waals surface area contributed by atoms with Gasteiger partial charge >= 0.3 is 6.18 Å². The van der Waals surface area contributed by atoms with E-state index in [-0.39, 0.29) is 11.9 Å². The lowest BCUT2D eigenvalue weighted by molar-refractivity contribution is -0.137. The zero-order chi connectivity index (χ0) is 19.9. The van der Waals surface area contributed by atoms with Gasteiger partial charge in [-0.15, -0.1) is 0 Å². The molecule has 2 aromatic heterocycles. The minimum absolute atomic E-state index is 0.195. The van der Waals surface area contributed by atoms with E-state index in [1.54, 1.807) is 22.9 Å². The molecule has 28 heavy (non-hydrogen) atoms. The molecule has 0 bridgehead atoms. The fourth-order valence-corrected chi connectivity index (χ4v) is 3.28. The van der Waals surface area contributed by atoms with Crippen molar-refractivity contribution >= 4 is 45.2 Å². The number of nitrogens with one attached hydrogen (secondary N) is 2. The lowest BCUT2D eigenvalue weighted by atomic mass is 10.2. The van der Waals surface area contributed by atoms with Gasteiger partial charge in [0.2, 0.25) is 5.95 Å². The number of alkyl halides is 3. The second kappa shape index (κ2) is 6.77. The Morgan fingerprint density at radius 1 is 1.21 bits per heavy atom. The summed E-state index contributed by atoms with van der Waals surface area (Å²) in [6, 6.07) is 10.8. The molecule has 0 unspecified atom stereocenters. The van der Waals surface area contributed by atoms with Gasteiger partial charge in [-0.25, -0.2) is 4.98 Å². The maximum Gasteiger partial charge on any atom is 0.416 e. The Bertz CT molecular complexity index is 1220. The van der Waals surface area contributed by atoms with Crippen molar-refractivity contribution in [1.29, 1.82) is 5.26 Å². The van der Waals surface area contributed by atoms with Gasteiger partial charge in [-0.2, -0.15) is 18.4 Å². The Balaban J connectivity index is 1.82. The maximum absolute atomic E-state index is 13.0. The summed E-state index contributed by atoms with van der Waals surface area (Å²) in [5.41, 5.74) is 1.49. The van der Waals surface area contributed by atoms with Crippen LogP contribution >= 0.6 is 11.6 Å². The highest BCUT2D eigenvalue weighted by Gasteiger charge is 2.31. The highest BCUT2D eigenvalue weighted by Crippen LogP contribution is 2.34. The van der Waals surface area contributed by atoms with Gasteiger partial charge in [-0.05, 0) is 36.4 Å². The van der Waals surface area contributed by atoms with E-state index in [1.807, 2.05) is 12.1 Å². The van der Waals surface area contributed by atoms with Crippen LogP contribution in [-0.4, -0.2) is 14.5 Å². The molecule has 5 nitrogen and oxygen atoms in total. The normalized spacial score (nSPS) is 11.8. The van der Waals surface area contributed by atoms with Crippen molar-refractivity contribution in [1.82, 2.24) is 14.5 Å². The molecule has 4 aromatic rings. The minimum atomic E-state index is -4.45. The summed E-state index contributed by atoms with van der Waals surface area (Å²) in [6.45, 7) is 0.295. The third kappa shape index (κ3) is 3.25. The van der Waals surface area contributed by atoms with Crippen molar-refractivity contribution in [3.63, 3.8) is 0 Å². The molecule has 2 N–H and O–H groups in total. The summed E-state index contributed by atoms with van der Waals surface area (Å²) in [5.74, 6) is 0.352. The molecule has 2 heterocycles. The lowest BCUT2D eigenvalue weighted by Crippen LogP contribution is -2.05. The van der Waals surface area contributed by atoms with Crippen LogP contribution in [0.15, 0.2) is 42.6 Å². The molecule has 4 rings (SSSR count). The number of nitrogens with zero attached hydrogens (tertiary/aromatic N) is 3. The predicted molar refractivity (Wildman–Crippen MR) is 102 cm³/mol. The smallest absolute Gasteiger partial charge is 0.359 e. The molecular weight excluding hydrogens is 391 g/mol. The fourth-order valence-electron chi connectivity index (χ4n) is 3.11. The van der Waals surface area contributed by atoms with Crippen LogP contribution in [0.3, 0.4) is 0 Å². The van der Waals surface area contributed by atoms with Gasteiger partial charge in [0.25, 0.3) is 0 Å². The van der Waals surface area contributed by atoms with Crippen LogP contribution in [0.5, 0.6) is 0 Å². The molecule has 0 aliphatic carbocycles. The number of aromatic amines is 1. The summed E-state index contributed by atoms with van der Waals surface area (Å²) in [6.07, 6.45) is -2.53. The number of aromatic nitrogens is 3. The summed E-state index contributed by atoms with van der Waals surface area (Å²) in [4.78, 5) is 7.44. The van der Waals surface area contributed by atoms with Crippen molar-refractivity contribution in [2.45, 2.75) is 19.1 Å². The Hall–Kier alpha value is -3.18. The summed E-state index contributed by atoms with van der Waals surface area (Å²) >= 11 is 6.07. The quantitative estimate of drug-likeness (QED) is 0.449. The van der Waals surface area contributed by atoms with E-state index >= 15 is 0 Å². The molecule has 0 radical (unpaired) electrons. The van der Waals surface area contributed by atoms with Gasteiger partial charge in [-0.1, -0.05) is 11.6 Å². The van der Waals surface area contributed by atoms with Crippen LogP contribution in [0, 0.1) is 11.3 Å². The third-order valence-corrected chi connectivity index (χ3v) is 4.65. The van der Waals surface area contributed by atoms with Crippen LogP contribution in [0.2, 0.25) is 5.02 Å². The second-order valence-corrected chi connectivity index (χ2v) is 6.65. The topological polar surface area (TPSA) is 69.4 Å². The number of fused-ring (bicyclic) bond motifs is 2. The van der Waals surface area contributed by atoms with E-state index in [9.17, 15) is 13.2 Å². The van der Waals surface area contributed by atoms with Crippen LogP contribution < -0.4 is 5.32 Å². The fraction of sp³-hybridized carbons (Fsp3) is 0.158. The standard InChI is InChI=1S/C19H13ClF3N5/c20-12-3-4-14-13(9-12)16(10-25-14)27-18-26-15-8-11(19(21,22)23)2-5-17(15)28(18)7-1-6-24/h2-5,8-10,25H,1,7H2,(H,26,27). The first-order valence-corrected chi connectivity index (χ1v) is 8.73. The number of nitriles is 1. The Kier molecular flexibility index (Phi) is 4.40. The molecule has 0 amide bonds. The number of benzene rings is 2. The number of halogens is 4. The average Bonchev–Trinajstić information content (AvgIpc) is 3.20. The average molecular weight is 404 g/mol. The van der Waals surface area contributed by atoms with Crippen LogP contribution in [0.1, 0.15) is 12.0 Å². The van der Waals surface area contributed by atoms with Gasteiger partial charge in [0.1, 0.15) is 0 Å². The number of rotatable bonds is 4. The molecule has 9 heteroatoms. The summed E-state index contributed by atoms with van der Waals surface area (Å²) < 4.78 is 40.8. The molecular formula is C19H13ClF3N5. The first-order chi connectivity index (χ1) is 13.4. The first-order valence-electron chi connectivity index (χ1n) is 8.35. The van der Waals surface area contributed by atoms with Gasteiger partial charge < -0.3 is 14.9 Å². The monoisotopic (exact) mass is 403 g/mol. The van der Waals surface area contributed by atoms with Crippen LogP contribution in [-0.2, 0) is 12.7 Å². The van der Waals surface area contributed by atoms with E-state index in [1.165, 1.54) is 6.07 Å². The molecule has 0 aliphatic heterocycles. The van der Waals surface area contributed by atoms with Crippen LogP contribution in [0.4, 0.5) is 24.8 Å². The highest BCUT2D eigenvalue weighted by molar-refractivity contribution is 6.31. The maximum atomic E-state index is 13.0. The molecule has 0 aliphatic rings. The van der Waals surface area contributed by atoms with Crippen molar-refractivity contribution in [3.8, 4) is 6.07 Å². The zero-order valence-corrected chi connectivity index (χ0v) is 15.1. The number of hydrogen-bond donors (Lipinski definition) is 2. The Morgan fingerprint density at radius 2 is 2.04 bits per heavy atom. The van der Waals surface area contributed by atoms with E-state index < -0.39 is 11.7 Å². The molecule has 2 aromatic carbocycles. The highest BCUT2D eigenvalue weighted by atomic mass is 35.5. The van der Waals surface area contributed by atoms with Crippen LogP contribution in [0.25, 0.3) is 21.9 Å². The predicted octanol–water partition coefficient (Wildman–Crippen LogP) is 5.85. The number of anilines is 2.